The molecular weight excluding hydrogens is 380 g/mol. The first-order chi connectivity index (χ1) is 14.0. The Morgan fingerprint density at radius 2 is 1.69 bits per heavy atom. The number of benzene rings is 3. The number of carboxylic acid groups (broad SMARTS) is 1. The van der Waals surface area contributed by atoms with Gasteiger partial charge in [0.1, 0.15) is 5.75 Å². The van der Waals surface area contributed by atoms with Crippen molar-refractivity contribution in [2.45, 2.75) is 18.7 Å². The Kier molecular flexibility index (Phi) is 7.14. The molecule has 0 atom stereocenters. The monoisotopic (exact) mass is 404 g/mol. The fraction of sp³-hybridized carbons (Fsp3) is 0.160. The summed E-state index contributed by atoms with van der Waals surface area (Å²) < 4.78 is 5.30. The Hall–Kier alpha value is -2.98. The van der Waals surface area contributed by atoms with Crippen LogP contribution >= 0.6 is 11.8 Å². The number of hydrogen-bond donors (Lipinski definition) is 1. The lowest BCUT2D eigenvalue weighted by Crippen LogP contribution is -2.09. The maximum atomic E-state index is 10.7. The van der Waals surface area contributed by atoms with E-state index in [0.29, 0.717) is 5.75 Å². The van der Waals surface area contributed by atoms with Crippen LogP contribution < -0.4 is 4.74 Å². The summed E-state index contributed by atoms with van der Waals surface area (Å²) in [5.41, 5.74) is 5.86. The lowest BCUT2D eigenvalue weighted by Gasteiger charge is -2.12. The molecule has 0 bridgehead atoms. The molecule has 0 aromatic heterocycles. The first kappa shape index (κ1) is 20.7. The Morgan fingerprint density at radius 3 is 2.38 bits per heavy atom. The van der Waals surface area contributed by atoms with E-state index in [4.69, 9.17) is 9.84 Å². The van der Waals surface area contributed by atoms with Gasteiger partial charge in [0.05, 0.1) is 0 Å². The molecule has 0 aliphatic carbocycles. The first-order valence-corrected chi connectivity index (χ1v) is 10.4. The Morgan fingerprint density at radius 1 is 0.966 bits per heavy atom. The van der Waals surface area contributed by atoms with Gasteiger partial charge in [0.25, 0.3) is 0 Å². The van der Waals surface area contributed by atoms with Crippen molar-refractivity contribution in [3.05, 3.63) is 101 Å². The fourth-order valence-electron chi connectivity index (χ4n) is 3.11. The average Bonchev–Trinajstić information content (AvgIpc) is 2.72. The maximum Gasteiger partial charge on any atom is 0.341 e. The van der Waals surface area contributed by atoms with Crippen LogP contribution in [0.15, 0.2) is 83.8 Å². The van der Waals surface area contributed by atoms with Crippen molar-refractivity contribution in [2.75, 3.05) is 12.4 Å². The highest BCUT2D eigenvalue weighted by Crippen LogP contribution is 2.29. The maximum absolute atomic E-state index is 10.7. The van der Waals surface area contributed by atoms with Crippen molar-refractivity contribution in [3.63, 3.8) is 0 Å². The van der Waals surface area contributed by atoms with Crippen molar-refractivity contribution in [3.8, 4) is 5.75 Å². The predicted molar refractivity (Wildman–Crippen MR) is 120 cm³/mol. The van der Waals surface area contributed by atoms with Crippen LogP contribution in [0.1, 0.15) is 22.3 Å². The molecule has 0 aliphatic rings. The van der Waals surface area contributed by atoms with Gasteiger partial charge in [0.15, 0.2) is 6.61 Å². The largest absolute Gasteiger partial charge is 0.482 e. The predicted octanol–water partition coefficient (Wildman–Crippen LogP) is 5.99. The van der Waals surface area contributed by atoms with Gasteiger partial charge >= 0.3 is 5.97 Å². The van der Waals surface area contributed by atoms with Crippen LogP contribution in [0.2, 0.25) is 0 Å². The number of rotatable bonds is 8. The molecule has 3 aromatic carbocycles. The summed E-state index contributed by atoms with van der Waals surface area (Å²) in [4.78, 5) is 11.8. The molecule has 29 heavy (non-hydrogen) atoms. The fourth-order valence-corrected chi connectivity index (χ4v) is 3.98. The molecular formula is C25H24O3S. The molecule has 3 rings (SSSR count). The zero-order chi connectivity index (χ0) is 20.6. The van der Waals surface area contributed by atoms with Gasteiger partial charge in [-0.2, -0.15) is 0 Å². The number of carbonyl (C=O) groups is 1. The molecule has 148 valence electrons. The molecule has 0 saturated heterocycles. The smallest absolute Gasteiger partial charge is 0.341 e. The summed E-state index contributed by atoms with van der Waals surface area (Å²) >= 11 is 1.74. The van der Waals surface area contributed by atoms with Crippen molar-refractivity contribution in [2.24, 2.45) is 0 Å². The van der Waals surface area contributed by atoms with Crippen LogP contribution in [-0.2, 0) is 4.79 Å². The van der Waals surface area contributed by atoms with E-state index in [1.165, 1.54) is 22.3 Å². The number of aliphatic carboxylic acids is 1. The van der Waals surface area contributed by atoms with Crippen molar-refractivity contribution in [1.82, 2.24) is 0 Å². The number of carboxylic acids is 1. The van der Waals surface area contributed by atoms with Gasteiger partial charge in [-0.3, -0.25) is 0 Å². The first-order valence-electron chi connectivity index (χ1n) is 9.44. The van der Waals surface area contributed by atoms with Gasteiger partial charge in [-0.05, 0) is 59.9 Å². The third-order valence-corrected chi connectivity index (χ3v) is 5.48. The zero-order valence-corrected chi connectivity index (χ0v) is 17.4. The number of hydrogen-bond acceptors (Lipinski definition) is 3. The van der Waals surface area contributed by atoms with E-state index in [9.17, 15) is 4.79 Å². The van der Waals surface area contributed by atoms with E-state index in [2.05, 4.69) is 61.5 Å². The summed E-state index contributed by atoms with van der Waals surface area (Å²) in [5.74, 6) is 0.461. The molecule has 3 aromatic rings. The lowest BCUT2D eigenvalue weighted by atomic mass is 9.94. The van der Waals surface area contributed by atoms with Gasteiger partial charge in [-0.25, -0.2) is 4.79 Å². The Labute approximate surface area is 176 Å². The second-order valence-corrected chi connectivity index (χ2v) is 7.81. The molecule has 1 N–H and O–H groups in total. The minimum atomic E-state index is -0.974. The molecule has 0 amide bonds. The normalized spacial score (nSPS) is 11.3. The van der Waals surface area contributed by atoms with E-state index in [0.717, 1.165) is 16.2 Å². The van der Waals surface area contributed by atoms with Crippen molar-refractivity contribution in [1.29, 1.82) is 0 Å². The number of aryl methyl sites for hydroxylation is 2. The van der Waals surface area contributed by atoms with Crippen molar-refractivity contribution < 1.29 is 14.6 Å². The molecule has 0 aliphatic heterocycles. The van der Waals surface area contributed by atoms with E-state index in [1.54, 1.807) is 11.8 Å². The standard InChI is InChI=1S/C25H24O3S/c1-18-8-6-7-11-22(18)23(20-9-4-3-5-10-20)14-15-29-21-12-13-24(19(2)16-21)28-17-25(26)27/h3-14,16H,15,17H2,1-2H3,(H,26,27)/b23-14+. The van der Waals surface area contributed by atoms with Gasteiger partial charge in [-0.1, -0.05) is 60.7 Å². The Bertz CT molecular complexity index is 1010. The lowest BCUT2D eigenvalue weighted by molar-refractivity contribution is -0.139. The molecule has 0 fully saturated rings. The molecule has 0 saturated carbocycles. The van der Waals surface area contributed by atoms with Gasteiger partial charge in [0.2, 0.25) is 0 Å². The van der Waals surface area contributed by atoms with Crippen LogP contribution in [0.3, 0.4) is 0 Å². The average molecular weight is 405 g/mol. The minimum Gasteiger partial charge on any atom is -0.482 e. The topological polar surface area (TPSA) is 46.5 Å². The summed E-state index contributed by atoms with van der Waals surface area (Å²) in [6.07, 6.45) is 2.27. The Balaban J connectivity index is 1.78. The molecule has 0 spiro atoms. The molecule has 0 unspecified atom stereocenters. The summed E-state index contributed by atoms with van der Waals surface area (Å²) in [6, 6.07) is 24.7. The third kappa shape index (κ3) is 5.75. The van der Waals surface area contributed by atoms with E-state index in [-0.39, 0.29) is 6.61 Å². The molecule has 4 heteroatoms. The number of thioether (sulfide) groups is 1. The second kappa shape index (κ2) is 9.99. The van der Waals surface area contributed by atoms with E-state index < -0.39 is 5.97 Å². The highest BCUT2D eigenvalue weighted by molar-refractivity contribution is 7.99. The second-order valence-electron chi connectivity index (χ2n) is 6.72. The van der Waals surface area contributed by atoms with Crippen LogP contribution in [0, 0.1) is 13.8 Å². The number of ether oxygens (including phenoxy) is 1. The SMILES string of the molecule is Cc1cc(SC/C=C(\c2ccccc2)c2ccccc2C)ccc1OCC(=O)O. The summed E-state index contributed by atoms with van der Waals surface area (Å²) in [6.45, 7) is 3.74. The van der Waals surface area contributed by atoms with E-state index >= 15 is 0 Å². The highest BCUT2D eigenvalue weighted by Gasteiger charge is 2.08. The van der Waals surface area contributed by atoms with Crippen LogP contribution in [0.4, 0.5) is 0 Å². The van der Waals surface area contributed by atoms with Crippen molar-refractivity contribution >= 4 is 23.3 Å². The van der Waals surface area contributed by atoms with Crippen LogP contribution in [0.25, 0.3) is 5.57 Å². The molecule has 3 nitrogen and oxygen atoms in total. The third-order valence-electron chi connectivity index (χ3n) is 4.56. The molecule has 0 heterocycles. The van der Waals surface area contributed by atoms with Gasteiger partial charge in [0, 0.05) is 10.6 Å². The van der Waals surface area contributed by atoms with Crippen LogP contribution in [-0.4, -0.2) is 23.4 Å². The summed E-state index contributed by atoms with van der Waals surface area (Å²) in [5, 5.41) is 8.76. The molecule has 0 radical (unpaired) electrons. The quantitative estimate of drug-likeness (QED) is 0.468. The highest BCUT2D eigenvalue weighted by atomic mass is 32.2. The minimum absolute atomic E-state index is 0.326. The summed E-state index contributed by atoms with van der Waals surface area (Å²) in [7, 11) is 0. The van der Waals surface area contributed by atoms with E-state index in [1.807, 2.05) is 31.2 Å². The zero-order valence-electron chi connectivity index (χ0n) is 16.6. The van der Waals surface area contributed by atoms with Gasteiger partial charge in [-0.15, -0.1) is 11.8 Å². The van der Waals surface area contributed by atoms with Crippen LogP contribution in [0.5, 0.6) is 5.75 Å². The van der Waals surface area contributed by atoms with Gasteiger partial charge < -0.3 is 9.84 Å².